The molecule has 16 heavy (non-hydrogen) atoms. The Hall–Kier alpha value is -1.52. The number of alkyl halides is 3. The largest absolute Gasteiger partial charge is 0.496 e. The molecule has 0 unspecified atom stereocenters. The average Bonchev–Trinajstić information content (AvgIpc) is 2.26. The maximum atomic E-state index is 12.6. The molecule has 0 aliphatic rings. The zero-order chi connectivity index (χ0) is 12.3. The summed E-state index contributed by atoms with van der Waals surface area (Å²) in [4.78, 5) is 11.3. The van der Waals surface area contributed by atoms with E-state index < -0.39 is 11.7 Å². The van der Waals surface area contributed by atoms with Crippen molar-refractivity contribution in [3.63, 3.8) is 0 Å². The molecule has 0 N–H and O–H groups in total. The summed E-state index contributed by atoms with van der Waals surface area (Å²) in [5, 5.41) is 0. The highest BCUT2D eigenvalue weighted by Gasteiger charge is 2.34. The SMILES string of the molecule is CCC(=O)c1ccc(OC)c(C(F)(F)F)c1. The first-order valence-electron chi connectivity index (χ1n) is 4.68. The first kappa shape index (κ1) is 12.5. The minimum Gasteiger partial charge on any atom is -0.496 e. The lowest BCUT2D eigenvalue weighted by Crippen LogP contribution is -2.09. The fraction of sp³-hybridized carbons (Fsp3) is 0.364. The quantitative estimate of drug-likeness (QED) is 0.747. The number of methoxy groups -OCH3 is 1. The number of Topliss-reactive ketones (excluding diaryl/α,β-unsaturated/α-hetero) is 1. The van der Waals surface area contributed by atoms with E-state index in [0.29, 0.717) is 0 Å². The van der Waals surface area contributed by atoms with Gasteiger partial charge in [0.05, 0.1) is 12.7 Å². The first-order valence-corrected chi connectivity index (χ1v) is 4.68. The third-order valence-electron chi connectivity index (χ3n) is 2.15. The van der Waals surface area contributed by atoms with E-state index in [9.17, 15) is 18.0 Å². The van der Waals surface area contributed by atoms with E-state index in [1.807, 2.05) is 0 Å². The smallest absolute Gasteiger partial charge is 0.419 e. The van der Waals surface area contributed by atoms with Crippen LogP contribution in [0.2, 0.25) is 0 Å². The molecule has 5 heteroatoms. The fourth-order valence-electron chi connectivity index (χ4n) is 1.31. The van der Waals surface area contributed by atoms with Crippen molar-refractivity contribution in [3.8, 4) is 5.75 Å². The van der Waals surface area contributed by atoms with Gasteiger partial charge in [-0.05, 0) is 18.2 Å². The maximum absolute atomic E-state index is 12.6. The molecule has 0 aliphatic heterocycles. The second kappa shape index (κ2) is 4.55. The second-order valence-corrected chi connectivity index (χ2v) is 3.19. The topological polar surface area (TPSA) is 26.3 Å². The number of benzene rings is 1. The van der Waals surface area contributed by atoms with Crippen LogP contribution >= 0.6 is 0 Å². The number of ether oxygens (including phenoxy) is 1. The Morgan fingerprint density at radius 2 is 2.00 bits per heavy atom. The number of hydrogen-bond donors (Lipinski definition) is 0. The van der Waals surface area contributed by atoms with Crippen molar-refractivity contribution in [2.75, 3.05) is 7.11 Å². The van der Waals surface area contributed by atoms with Crippen LogP contribution in [-0.4, -0.2) is 12.9 Å². The molecule has 0 heterocycles. The lowest BCUT2D eigenvalue weighted by molar-refractivity contribution is -0.138. The highest BCUT2D eigenvalue weighted by molar-refractivity contribution is 5.96. The number of halogens is 3. The van der Waals surface area contributed by atoms with Gasteiger partial charge in [-0.25, -0.2) is 0 Å². The molecule has 0 saturated heterocycles. The van der Waals surface area contributed by atoms with Crippen molar-refractivity contribution >= 4 is 5.78 Å². The lowest BCUT2D eigenvalue weighted by Gasteiger charge is -2.12. The third kappa shape index (κ3) is 2.53. The van der Waals surface area contributed by atoms with Crippen LogP contribution in [0.1, 0.15) is 29.3 Å². The molecule has 2 nitrogen and oxygen atoms in total. The number of carbonyl (C=O) groups excluding carboxylic acids is 1. The van der Waals surface area contributed by atoms with Crippen LogP contribution in [0.3, 0.4) is 0 Å². The van der Waals surface area contributed by atoms with Crippen LogP contribution in [0.5, 0.6) is 5.75 Å². The van der Waals surface area contributed by atoms with Gasteiger partial charge in [0.15, 0.2) is 5.78 Å². The average molecular weight is 232 g/mol. The highest BCUT2D eigenvalue weighted by atomic mass is 19.4. The summed E-state index contributed by atoms with van der Waals surface area (Å²) in [5.74, 6) is -0.603. The summed E-state index contributed by atoms with van der Waals surface area (Å²) in [6, 6.07) is 3.32. The van der Waals surface area contributed by atoms with Gasteiger partial charge in [0.1, 0.15) is 5.75 Å². The summed E-state index contributed by atoms with van der Waals surface area (Å²) in [6.45, 7) is 1.60. The predicted molar refractivity (Wildman–Crippen MR) is 52.6 cm³/mol. The van der Waals surface area contributed by atoms with Crippen LogP contribution < -0.4 is 4.74 Å². The first-order chi connectivity index (χ1) is 7.40. The minimum atomic E-state index is -4.52. The standard InChI is InChI=1S/C11H11F3O2/c1-3-9(15)7-4-5-10(16-2)8(6-7)11(12,13)14/h4-6H,3H2,1-2H3. The van der Waals surface area contributed by atoms with E-state index in [1.165, 1.54) is 6.07 Å². The summed E-state index contributed by atoms with van der Waals surface area (Å²) in [7, 11) is 1.16. The third-order valence-corrected chi connectivity index (χ3v) is 2.15. The number of rotatable bonds is 3. The highest BCUT2D eigenvalue weighted by Crippen LogP contribution is 2.36. The van der Waals surface area contributed by atoms with Crippen molar-refractivity contribution in [2.24, 2.45) is 0 Å². The molecule has 0 spiro atoms. The van der Waals surface area contributed by atoms with Gasteiger partial charge in [0.25, 0.3) is 0 Å². The number of ketones is 1. The van der Waals surface area contributed by atoms with E-state index in [-0.39, 0.29) is 23.5 Å². The Morgan fingerprint density at radius 3 is 2.44 bits per heavy atom. The van der Waals surface area contributed by atoms with E-state index in [0.717, 1.165) is 19.2 Å². The molecule has 1 aromatic rings. The zero-order valence-electron chi connectivity index (χ0n) is 8.89. The van der Waals surface area contributed by atoms with Gasteiger partial charge in [0.2, 0.25) is 0 Å². The Balaban J connectivity index is 3.27. The molecular weight excluding hydrogens is 221 g/mol. The van der Waals surface area contributed by atoms with Crippen molar-refractivity contribution in [2.45, 2.75) is 19.5 Å². The predicted octanol–water partition coefficient (Wildman–Crippen LogP) is 3.31. The monoisotopic (exact) mass is 232 g/mol. The van der Waals surface area contributed by atoms with Crippen molar-refractivity contribution in [1.29, 1.82) is 0 Å². The molecule has 0 bridgehead atoms. The molecule has 0 aliphatic carbocycles. The lowest BCUT2D eigenvalue weighted by atomic mass is 10.0. The second-order valence-electron chi connectivity index (χ2n) is 3.19. The number of hydrogen-bond acceptors (Lipinski definition) is 2. The van der Waals surface area contributed by atoms with E-state index in [2.05, 4.69) is 4.74 Å². The molecule has 0 amide bonds. The Morgan fingerprint density at radius 1 is 1.38 bits per heavy atom. The Kier molecular flexibility index (Phi) is 3.57. The molecule has 1 rings (SSSR count). The van der Waals surface area contributed by atoms with Crippen molar-refractivity contribution in [1.82, 2.24) is 0 Å². The van der Waals surface area contributed by atoms with Crippen molar-refractivity contribution < 1.29 is 22.7 Å². The summed E-state index contributed by atoms with van der Waals surface area (Å²) in [6.07, 6.45) is -4.35. The Labute approximate surface area is 91.0 Å². The van der Waals surface area contributed by atoms with Gasteiger partial charge < -0.3 is 4.74 Å². The zero-order valence-corrected chi connectivity index (χ0v) is 8.89. The van der Waals surface area contributed by atoms with Gasteiger partial charge in [-0.2, -0.15) is 13.2 Å². The molecule has 0 saturated carbocycles. The van der Waals surface area contributed by atoms with Crippen molar-refractivity contribution in [3.05, 3.63) is 29.3 Å². The van der Waals surface area contributed by atoms with E-state index >= 15 is 0 Å². The van der Waals surface area contributed by atoms with Crippen LogP contribution in [0.15, 0.2) is 18.2 Å². The molecule has 0 atom stereocenters. The van der Waals surface area contributed by atoms with Gasteiger partial charge >= 0.3 is 6.18 Å². The summed E-state index contributed by atoms with van der Waals surface area (Å²) in [5.41, 5.74) is -0.870. The molecule has 88 valence electrons. The van der Waals surface area contributed by atoms with Gasteiger partial charge in [-0.1, -0.05) is 6.92 Å². The molecular formula is C11H11F3O2. The molecule has 0 fully saturated rings. The summed E-state index contributed by atoms with van der Waals surface area (Å²) < 4.78 is 42.4. The number of carbonyl (C=O) groups is 1. The van der Waals surface area contributed by atoms with Crippen LogP contribution in [0.4, 0.5) is 13.2 Å². The normalized spacial score (nSPS) is 11.3. The van der Waals surface area contributed by atoms with Crippen LogP contribution in [0.25, 0.3) is 0 Å². The maximum Gasteiger partial charge on any atom is 0.419 e. The summed E-state index contributed by atoms with van der Waals surface area (Å²) >= 11 is 0. The minimum absolute atomic E-state index is 0.0515. The van der Waals surface area contributed by atoms with Crippen LogP contribution in [-0.2, 0) is 6.18 Å². The molecule has 0 aromatic heterocycles. The van der Waals surface area contributed by atoms with E-state index in [4.69, 9.17) is 0 Å². The van der Waals surface area contributed by atoms with Gasteiger partial charge in [-0.3, -0.25) is 4.79 Å². The van der Waals surface area contributed by atoms with Gasteiger partial charge in [0, 0.05) is 12.0 Å². The van der Waals surface area contributed by atoms with E-state index in [1.54, 1.807) is 6.92 Å². The van der Waals surface area contributed by atoms with Gasteiger partial charge in [-0.15, -0.1) is 0 Å². The fourth-order valence-corrected chi connectivity index (χ4v) is 1.31. The van der Waals surface area contributed by atoms with Crippen LogP contribution in [0, 0.1) is 0 Å². The molecule has 0 radical (unpaired) electrons. The molecule has 1 aromatic carbocycles. The Bertz CT molecular complexity index is 397.